The Bertz CT molecular complexity index is 799. The van der Waals surface area contributed by atoms with Gasteiger partial charge in [-0.2, -0.15) is 0 Å². The molecule has 0 unspecified atom stereocenters. The summed E-state index contributed by atoms with van der Waals surface area (Å²) in [6.07, 6.45) is 0. The maximum atomic E-state index is 12.9. The van der Waals surface area contributed by atoms with Gasteiger partial charge < -0.3 is 0 Å². The second kappa shape index (κ2) is 8.14. The van der Waals surface area contributed by atoms with Crippen LogP contribution in [0.15, 0.2) is 71.9 Å². The number of carbonyl (C=O) groups excluding carboxylic acids is 1. The molecule has 25 heavy (non-hydrogen) atoms. The molecule has 6 heteroatoms. The lowest BCUT2D eigenvalue weighted by atomic mass is 10.2. The molecule has 0 fully saturated rings. The summed E-state index contributed by atoms with van der Waals surface area (Å²) in [6, 6.07) is 20.8. The minimum Gasteiger partial charge on any atom is -0.280 e. The fourth-order valence-corrected chi connectivity index (χ4v) is 3.39. The Labute approximate surface area is 155 Å². The molecule has 0 aliphatic rings. The molecule has 2 aromatic carbocycles. The fourth-order valence-electron chi connectivity index (χ4n) is 2.35. The van der Waals surface area contributed by atoms with Crippen LogP contribution < -0.4 is 4.90 Å². The van der Waals surface area contributed by atoms with Gasteiger partial charge in [-0.15, -0.1) is 0 Å². The second-order valence-electron chi connectivity index (χ2n) is 5.30. The summed E-state index contributed by atoms with van der Waals surface area (Å²) in [6.45, 7) is 1.85. The maximum absolute atomic E-state index is 12.9. The van der Waals surface area contributed by atoms with Gasteiger partial charge in [0.1, 0.15) is 5.15 Å². The number of amides is 1. The minimum absolute atomic E-state index is 0.0522. The molecule has 1 heterocycles. The molecule has 0 aliphatic carbocycles. The largest absolute Gasteiger partial charge is 0.280 e. The van der Waals surface area contributed by atoms with Crippen molar-refractivity contribution in [2.24, 2.45) is 0 Å². The van der Waals surface area contributed by atoms with Crippen molar-refractivity contribution in [1.82, 2.24) is 9.97 Å². The van der Waals surface area contributed by atoms with Gasteiger partial charge in [-0.05, 0) is 37.3 Å². The van der Waals surface area contributed by atoms with Crippen LogP contribution in [0.2, 0.25) is 5.15 Å². The van der Waals surface area contributed by atoms with Crippen LogP contribution in [0.3, 0.4) is 0 Å². The van der Waals surface area contributed by atoms with Gasteiger partial charge in [-0.3, -0.25) is 9.69 Å². The molecule has 0 saturated heterocycles. The summed E-state index contributed by atoms with van der Waals surface area (Å²) in [4.78, 5) is 23.1. The number of halogens is 1. The van der Waals surface area contributed by atoms with E-state index < -0.39 is 0 Å². The molecule has 0 N–H and O–H groups in total. The third-order valence-corrected chi connectivity index (χ3v) is 4.43. The average molecular weight is 370 g/mol. The molecule has 0 aliphatic heterocycles. The number of nitrogens with zero attached hydrogens (tertiary/aromatic N) is 3. The lowest BCUT2D eigenvalue weighted by molar-refractivity contribution is -0.115. The molecule has 3 rings (SSSR count). The van der Waals surface area contributed by atoms with Crippen LogP contribution in [0, 0.1) is 6.92 Å². The van der Waals surface area contributed by atoms with E-state index in [0.717, 1.165) is 17.1 Å². The zero-order valence-corrected chi connectivity index (χ0v) is 15.2. The van der Waals surface area contributed by atoms with E-state index in [-0.39, 0.29) is 11.7 Å². The van der Waals surface area contributed by atoms with Crippen molar-refractivity contribution in [2.75, 3.05) is 10.7 Å². The van der Waals surface area contributed by atoms with E-state index in [0.29, 0.717) is 10.3 Å². The number of thioether (sulfide) groups is 1. The van der Waals surface area contributed by atoms with E-state index in [1.807, 2.05) is 67.6 Å². The van der Waals surface area contributed by atoms with E-state index in [9.17, 15) is 4.79 Å². The molecule has 0 atom stereocenters. The number of hydrogen-bond acceptors (Lipinski definition) is 4. The number of rotatable bonds is 5. The fraction of sp³-hybridized carbons (Fsp3) is 0.105. The van der Waals surface area contributed by atoms with Crippen LogP contribution >= 0.6 is 23.4 Å². The molecule has 4 nitrogen and oxygen atoms in total. The third kappa shape index (κ3) is 4.59. The molecule has 0 bridgehead atoms. The van der Waals surface area contributed by atoms with Gasteiger partial charge in [0.15, 0.2) is 5.16 Å². The summed E-state index contributed by atoms with van der Waals surface area (Å²) >= 11 is 7.24. The second-order valence-corrected chi connectivity index (χ2v) is 6.63. The van der Waals surface area contributed by atoms with Crippen molar-refractivity contribution in [3.8, 4) is 0 Å². The van der Waals surface area contributed by atoms with Crippen molar-refractivity contribution >= 4 is 40.6 Å². The monoisotopic (exact) mass is 369 g/mol. The Hall–Kier alpha value is -2.37. The third-order valence-electron chi connectivity index (χ3n) is 3.41. The lowest BCUT2D eigenvalue weighted by Gasteiger charge is -2.22. The van der Waals surface area contributed by atoms with Gasteiger partial charge in [-0.1, -0.05) is 59.8 Å². The lowest BCUT2D eigenvalue weighted by Crippen LogP contribution is -2.27. The SMILES string of the molecule is Cc1cc(Cl)nc(SCC(=O)N(c2ccccc2)c2ccccc2)n1. The highest BCUT2D eigenvalue weighted by molar-refractivity contribution is 7.99. The highest BCUT2D eigenvalue weighted by Gasteiger charge is 2.18. The van der Waals surface area contributed by atoms with Crippen molar-refractivity contribution in [2.45, 2.75) is 12.1 Å². The van der Waals surface area contributed by atoms with Crippen LogP contribution in [-0.4, -0.2) is 21.6 Å². The van der Waals surface area contributed by atoms with E-state index in [1.54, 1.807) is 11.0 Å². The van der Waals surface area contributed by atoms with Crippen LogP contribution in [0.25, 0.3) is 0 Å². The number of benzene rings is 2. The Balaban J connectivity index is 1.82. The first-order valence-electron chi connectivity index (χ1n) is 7.70. The first kappa shape index (κ1) is 17.5. The molecular weight excluding hydrogens is 354 g/mol. The Morgan fingerprint density at radius 1 is 1.00 bits per heavy atom. The van der Waals surface area contributed by atoms with Crippen molar-refractivity contribution in [3.05, 3.63) is 77.6 Å². The van der Waals surface area contributed by atoms with E-state index >= 15 is 0 Å². The van der Waals surface area contributed by atoms with E-state index in [4.69, 9.17) is 11.6 Å². The van der Waals surface area contributed by atoms with Gasteiger partial charge in [-0.25, -0.2) is 9.97 Å². The zero-order chi connectivity index (χ0) is 17.6. The number of anilines is 2. The molecule has 0 saturated carbocycles. The van der Waals surface area contributed by atoms with E-state index in [1.165, 1.54) is 11.8 Å². The molecule has 1 amide bonds. The van der Waals surface area contributed by atoms with Gasteiger partial charge in [0, 0.05) is 17.1 Å². The van der Waals surface area contributed by atoms with Crippen LogP contribution in [0.5, 0.6) is 0 Å². The first-order valence-corrected chi connectivity index (χ1v) is 9.07. The number of para-hydroxylation sites is 2. The zero-order valence-electron chi connectivity index (χ0n) is 13.6. The smallest absolute Gasteiger partial charge is 0.242 e. The summed E-state index contributed by atoms with van der Waals surface area (Å²) < 4.78 is 0. The molecule has 3 aromatic rings. The summed E-state index contributed by atoms with van der Waals surface area (Å²) in [5.74, 6) is 0.160. The summed E-state index contributed by atoms with van der Waals surface area (Å²) in [7, 11) is 0. The van der Waals surface area contributed by atoms with Gasteiger partial charge in [0.2, 0.25) is 5.91 Å². The topological polar surface area (TPSA) is 46.1 Å². The number of hydrogen-bond donors (Lipinski definition) is 0. The minimum atomic E-state index is -0.0522. The Morgan fingerprint density at radius 3 is 2.08 bits per heavy atom. The summed E-state index contributed by atoms with van der Waals surface area (Å²) in [5.41, 5.74) is 2.42. The molecule has 0 radical (unpaired) electrons. The van der Waals surface area contributed by atoms with E-state index in [2.05, 4.69) is 9.97 Å². The molecule has 126 valence electrons. The molecular formula is C19H16ClN3OS. The normalized spacial score (nSPS) is 10.5. The Morgan fingerprint density at radius 2 is 1.56 bits per heavy atom. The highest BCUT2D eigenvalue weighted by atomic mass is 35.5. The molecule has 1 aromatic heterocycles. The Kier molecular flexibility index (Phi) is 5.68. The van der Waals surface area contributed by atoms with Crippen LogP contribution in [0.4, 0.5) is 11.4 Å². The number of aryl methyl sites for hydroxylation is 1. The quantitative estimate of drug-likeness (QED) is 0.364. The van der Waals surface area contributed by atoms with Crippen LogP contribution in [0.1, 0.15) is 5.69 Å². The maximum Gasteiger partial charge on any atom is 0.242 e. The predicted molar refractivity (Wildman–Crippen MR) is 103 cm³/mol. The number of carbonyl (C=O) groups is 1. The predicted octanol–water partition coefficient (Wildman–Crippen LogP) is 4.90. The van der Waals surface area contributed by atoms with Crippen molar-refractivity contribution in [3.63, 3.8) is 0 Å². The van der Waals surface area contributed by atoms with Crippen molar-refractivity contribution < 1.29 is 4.79 Å². The standard InChI is InChI=1S/C19H16ClN3OS/c1-14-12-17(20)22-19(21-14)25-13-18(24)23(15-8-4-2-5-9-15)16-10-6-3-7-11-16/h2-12H,13H2,1H3. The van der Waals surface area contributed by atoms with Gasteiger partial charge in [0.25, 0.3) is 0 Å². The van der Waals surface area contributed by atoms with Gasteiger partial charge >= 0.3 is 0 Å². The highest BCUT2D eigenvalue weighted by Crippen LogP contribution is 2.27. The summed E-state index contributed by atoms with van der Waals surface area (Å²) in [5, 5.41) is 0.879. The van der Waals surface area contributed by atoms with Crippen LogP contribution in [-0.2, 0) is 4.79 Å². The average Bonchev–Trinajstić information content (AvgIpc) is 2.61. The number of aromatic nitrogens is 2. The van der Waals surface area contributed by atoms with Gasteiger partial charge in [0.05, 0.1) is 5.75 Å². The molecule has 0 spiro atoms. The van der Waals surface area contributed by atoms with Crippen molar-refractivity contribution in [1.29, 1.82) is 0 Å². The first-order chi connectivity index (χ1) is 12.1.